The Morgan fingerprint density at radius 1 is 1.44 bits per heavy atom. The van der Waals surface area contributed by atoms with Gasteiger partial charge in [-0.25, -0.2) is 9.78 Å². The third kappa shape index (κ3) is 4.62. The highest BCUT2D eigenvalue weighted by Crippen LogP contribution is 2.30. The Labute approximate surface area is 163 Å². The molecule has 3 rings (SSSR count). The Hall–Kier alpha value is -2.07. The summed E-state index contributed by atoms with van der Waals surface area (Å²) in [5.74, 6) is 0. The summed E-state index contributed by atoms with van der Waals surface area (Å²) >= 11 is 1.27. The molecule has 2 aromatic rings. The van der Waals surface area contributed by atoms with Crippen molar-refractivity contribution >= 4 is 44.1 Å². The number of carbonyl (C=O) groups excluding carboxylic acids is 1. The molecule has 1 amide bonds. The summed E-state index contributed by atoms with van der Waals surface area (Å²) in [6.07, 6.45) is 1.07. The van der Waals surface area contributed by atoms with Crippen LogP contribution < -0.4 is 0 Å². The van der Waals surface area contributed by atoms with Crippen LogP contribution in [0.2, 0.25) is 0 Å². The SMILES string of the molecule is CC(C)(C)OC(=O)N1CCC[C@@H]([S@](=O)c2nc3cc([N+](=O)[O-])ccc3s2)C1. The monoisotopic (exact) mass is 411 g/mol. The lowest BCUT2D eigenvalue weighted by molar-refractivity contribution is -0.384. The van der Waals surface area contributed by atoms with Crippen LogP contribution in [0.1, 0.15) is 33.6 Å². The van der Waals surface area contributed by atoms with E-state index in [0.29, 0.717) is 22.9 Å². The molecule has 0 N–H and O–H groups in total. The number of aromatic nitrogens is 1. The summed E-state index contributed by atoms with van der Waals surface area (Å²) in [4.78, 5) is 28.6. The molecule has 1 fully saturated rings. The Kier molecular flexibility index (Phi) is 5.48. The van der Waals surface area contributed by atoms with Crippen molar-refractivity contribution in [2.24, 2.45) is 0 Å². The third-order valence-corrected chi connectivity index (χ3v) is 7.07. The number of benzene rings is 1. The van der Waals surface area contributed by atoms with Gasteiger partial charge in [0.1, 0.15) is 5.60 Å². The fourth-order valence-electron chi connectivity index (χ4n) is 2.84. The molecule has 1 saturated heterocycles. The van der Waals surface area contributed by atoms with Crippen molar-refractivity contribution in [3.05, 3.63) is 28.3 Å². The first-order valence-electron chi connectivity index (χ1n) is 8.57. The second kappa shape index (κ2) is 7.51. The number of rotatable bonds is 3. The maximum atomic E-state index is 13.0. The zero-order chi connectivity index (χ0) is 19.8. The third-order valence-electron chi connectivity index (χ3n) is 4.07. The van der Waals surface area contributed by atoms with Gasteiger partial charge in [-0.3, -0.25) is 14.3 Å². The average Bonchev–Trinajstić information content (AvgIpc) is 3.02. The van der Waals surface area contributed by atoms with Crippen molar-refractivity contribution in [1.29, 1.82) is 0 Å². The molecule has 0 aliphatic carbocycles. The van der Waals surface area contributed by atoms with E-state index < -0.39 is 27.4 Å². The highest BCUT2D eigenvalue weighted by atomic mass is 32.2. The number of hydrogen-bond donors (Lipinski definition) is 0. The number of carbonyl (C=O) groups is 1. The second-order valence-corrected chi connectivity index (χ2v) is 10.3. The molecule has 0 radical (unpaired) electrons. The maximum absolute atomic E-state index is 13.0. The highest BCUT2D eigenvalue weighted by Gasteiger charge is 2.32. The molecule has 27 heavy (non-hydrogen) atoms. The predicted octanol–water partition coefficient (Wildman–Crippen LogP) is 3.71. The van der Waals surface area contributed by atoms with Crippen LogP contribution in [0.15, 0.2) is 22.5 Å². The molecular weight excluding hydrogens is 390 g/mol. The van der Waals surface area contributed by atoms with Gasteiger partial charge < -0.3 is 9.64 Å². The molecule has 0 unspecified atom stereocenters. The first kappa shape index (κ1) is 19.7. The summed E-state index contributed by atoms with van der Waals surface area (Å²) in [6, 6.07) is 4.43. The van der Waals surface area contributed by atoms with E-state index in [0.717, 1.165) is 17.5 Å². The van der Waals surface area contributed by atoms with E-state index in [2.05, 4.69) is 4.98 Å². The zero-order valence-electron chi connectivity index (χ0n) is 15.3. The Morgan fingerprint density at radius 3 is 2.85 bits per heavy atom. The van der Waals surface area contributed by atoms with Gasteiger partial charge in [-0.1, -0.05) is 0 Å². The molecule has 1 aliphatic heterocycles. The van der Waals surface area contributed by atoms with Crippen molar-refractivity contribution in [3.63, 3.8) is 0 Å². The van der Waals surface area contributed by atoms with Crippen LogP contribution in [0, 0.1) is 10.1 Å². The molecule has 8 nitrogen and oxygen atoms in total. The van der Waals surface area contributed by atoms with Crippen LogP contribution in [0.5, 0.6) is 0 Å². The minimum Gasteiger partial charge on any atom is -0.444 e. The molecule has 1 aromatic heterocycles. The van der Waals surface area contributed by atoms with Gasteiger partial charge in [0.05, 0.1) is 31.2 Å². The van der Waals surface area contributed by atoms with Gasteiger partial charge >= 0.3 is 6.09 Å². The first-order chi connectivity index (χ1) is 12.6. The number of non-ortho nitro benzene ring substituents is 1. The van der Waals surface area contributed by atoms with Crippen LogP contribution in [0.3, 0.4) is 0 Å². The van der Waals surface area contributed by atoms with Crippen molar-refractivity contribution < 1.29 is 18.7 Å². The Balaban J connectivity index is 1.76. The minimum atomic E-state index is -1.39. The summed E-state index contributed by atoms with van der Waals surface area (Å²) in [6.45, 7) is 6.35. The second-order valence-electron chi connectivity index (χ2n) is 7.38. The van der Waals surface area contributed by atoms with Gasteiger partial charge in [-0.05, 0) is 39.7 Å². The van der Waals surface area contributed by atoms with E-state index in [1.165, 1.54) is 23.5 Å². The molecule has 2 heterocycles. The first-order valence-corrected chi connectivity index (χ1v) is 10.6. The molecule has 10 heteroatoms. The normalized spacial score (nSPS) is 19.1. The lowest BCUT2D eigenvalue weighted by atomic mass is 10.1. The number of nitro benzene ring substituents is 1. The lowest BCUT2D eigenvalue weighted by Gasteiger charge is -2.33. The van der Waals surface area contributed by atoms with Crippen molar-refractivity contribution in [1.82, 2.24) is 9.88 Å². The molecule has 146 valence electrons. The number of piperidine rings is 1. The van der Waals surface area contributed by atoms with E-state index >= 15 is 0 Å². The fourth-order valence-corrected chi connectivity index (χ4v) is 5.70. The van der Waals surface area contributed by atoms with Gasteiger partial charge in [0, 0.05) is 25.2 Å². The van der Waals surface area contributed by atoms with Crippen molar-refractivity contribution in [2.45, 2.75) is 48.8 Å². The molecule has 2 atom stereocenters. The van der Waals surface area contributed by atoms with Crippen LogP contribution in [-0.2, 0) is 15.5 Å². The summed E-state index contributed by atoms with van der Waals surface area (Å²) in [5, 5.41) is 10.7. The molecule has 0 bridgehead atoms. The predicted molar refractivity (Wildman–Crippen MR) is 104 cm³/mol. The molecular formula is C17H21N3O5S2. The largest absolute Gasteiger partial charge is 0.444 e. The van der Waals surface area contributed by atoms with Gasteiger partial charge in [-0.15, -0.1) is 11.3 Å². The molecule has 1 aromatic carbocycles. The van der Waals surface area contributed by atoms with Crippen LogP contribution in [-0.4, -0.2) is 49.0 Å². The maximum Gasteiger partial charge on any atom is 0.410 e. The summed E-state index contributed by atoms with van der Waals surface area (Å²) < 4.78 is 19.6. The fraction of sp³-hybridized carbons (Fsp3) is 0.529. The minimum absolute atomic E-state index is 0.0427. The Bertz CT molecular complexity index is 906. The van der Waals surface area contributed by atoms with E-state index in [9.17, 15) is 19.1 Å². The number of nitrogens with zero attached hydrogens (tertiary/aromatic N) is 3. The number of nitro groups is 1. The van der Waals surface area contributed by atoms with Gasteiger partial charge in [0.15, 0.2) is 4.34 Å². The van der Waals surface area contributed by atoms with Gasteiger partial charge in [-0.2, -0.15) is 0 Å². The van der Waals surface area contributed by atoms with Gasteiger partial charge in [0.25, 0.3) is 5.69 Å². The van der Waals surface area contributed by atoms with Crippen LogP contribution >= 0.6 is 11.3 Å². The summed E-state index contributed by atoms with van der Waals surface area (Å²) in [7, 11) is -1.39. The number of fused-ring (bicyclic) bond motifs is 1. The van der Waals surface area contributed by atoms with Gasteiger partial charge in [0.2, 0.25) is 0 Å². The van der Waals surface area contributed by atoms with E-state index in [-0.39, 0.29) is 10.9 Å². The van der Waals surface area contributed by atoms with Crippen molar-refractivity contribution in [3.8, 4) is 0 Å². The Morgan fingerprint density at radius 2 is 2.19 bits per heavy atom. The average molecular weight is 412 g/mol. The quantitative estimate of drug-likeness (QED) is 0.563. The molecule has 1 aliphatic rings. The smallest absolute Gasteiger partial charge is 0.410 e. The lowest BCUT2D eigenvalue weighted by Crippen LogP contribution is -2.45. The zero-order valence-corrected chi connectivity index (χ0v) is 17.0. The standard InChI is InChI=1S/C17H21N3O5S2/c1-17(2,3)25-16(21)19-8-4-5-12(10-19)27(24)15-18-13-9-11(20(22)23)6-7-14(13)26-15/h6-7,9,12H,4-5,8,10H2,1-3H3/t12-,27+/m1/s1. The molecule has 0 spiro atoms. The number of ether oxygens (including phenoxy) is 1. The number of amides is 1. The summed E-state index contributed by atoms with van der Waals surface area (Å²) in [5.41, 5.74) is -0.151. The topological polar surface area (TPSA) is 103 Å². The number of likely N-dealkylation sites (tertiary alicyclic amines) is 1. The van der Waals surface area contributed by atoms with E-state index in [1.54, 1.807) is 11.0 Å². The van der Waals surface area contributed by atoms with Crippen LogP contribution in [0.25, 0.3) is 10.2 Å². The molecule has 0 saturated carbocycles. The van der Waals surface area contributed by atoms with E-state index in [1.807, 2.05) is 20.8 Å². The number of hydrogen-bond acceptors (Lipinski definition) is 7. The van der Waals surface area contributed by atoms with Crippen LogP contribution in [0.4, 0.5) is 10.5 Å². The van der Waals surface area contributed by atoms with Crippen molar-refractivity contribution in [2.75, 3.05) is 13.1 Å². The highest BCUT2D eigenvalue weighted by molar-refractivity contribution is 7.88. The number of thiazole rings is 1. The van der Waals surface area contributed by atoms with E-state index in [4.69, 9.17) is 4.74 Å².